The molecule has 0 radical (unpaired) electrons. The normalized spacial score (nSPS) is 11.2. The van der Waals surface area contributed by atoms with Crippen LogP contribution in [-0.4, -0.2) is 39.3 Å². The molecule has 0 atom stereocenters. The predicted octanol–water partition coefficient (Wildman–Crippen LogP) is 8.32. The van der Waals surface area contributed by atoms with Crippen LogP contribution in [0.4, 0.5) is 17.1 Å². The molecule has 0 N–H and O–H groups in total. The molecule has 0 aliphatic rings. The number of benzene rings is 3. The van der Waals surface area contributed by atoms with E-state index in [1.807, 2.05) is 0 Å². The lowest BCUT2D eigenvalue weighted by Crippen LogP contribution is -2.36. The summed E-state index contributed by atoms with van der Waals surface area (Å²) in [5.41, 5.74) is 4.24. The Morgan fingerprint density at radius 1 is 0.375 bits per heavy atom. The lowest BCUT2D eigenvalue weighted by atomic mass is 10.2. The van der Waals surface area contributed by atoms with Gasteiger partial charge in [0.25, 0.3) is 0 Å². The summed E-state index contributed by atoms with van der Waals surface area (Å²) in [4.78, 5) is 7.92. The fraction of sp³-hybridized carbons (Fsp3) is 0.500. The fourth-order valence-corrected chi connectivity index (χ4v) is 8.65. The quantitative estimate of drug-likeness (QED) is 0.145. The van der Waals surface area contributed by atoms with E-state index in [1.54, 1.807) is 0 Å². The zero-order valence-electron chi connectivity index (χ0n) is 26.2. The van der Waals surface area contributed by atoms with Crippen molar-refractivity contribution in [1.29, 1.82) is 0 Å². The first-order chi connectivity index (χ1) is 19.6. The molecule has 3 rings (SSSR count). The van der Waals surface area contributed by atoms with Crippen molar-refractivity contribution in [3.05, 3.63) is 72.8 Å². The van der Waals surface area contributed by atoms with E-state index in [9.17, 15) is 0 Å². The van der Waals surface area contributed by atoms with Crippen LogP contribution in [0, 0.1) is 0 Å². The van der Waals surface area contributed by atoms with E-state index in [1.165, 1.54) is 33.0 Å². The summed E-state index contributed by atoms with van der Waals surface area (Å²) in [6.45, 7) is 20.4. The minimum Gasteiger partial charge on any atom is -0.371 e. The number of hydrogen-bond donors (Lipinski definition) is 0. The van der Waals surface area contributed by atoms with Crippen LogP contribution in [0.3, 0.4) is 0 Å². The molecule has 0 saturated carbocycles. The molecule has 3 aromatic rings. The summed E-state index contributed by atoms with van der Waals surface area (Å²) >= 11 is 0. The fourth-order valence-electron chi connectivity index (χ4n) is 5.83. The van der Waals surface area contributed by atoms with Crippen LogP contribution in [0.2, 0.25) is 0 Å². The Balaban J connectivity index is 2.36. The maximum Gasteiger partial charge on any atom is 0.0451 e. The molecule has 0 spiro atoms. The highest BCUT2D eigenvalue weighted by Crippen LogP contribution is 2.42. The number of rotatable bonds is 18. The molecule has 3 nitrogen and oxygen atoms in total. The van der Waals surface area contributed by atoms with Crippen LogP contribution in [0.1, 0.15) is 80.1 Å². The van der Waals surface area contributed by atoms with Crippen molar-refractivity contribution in [3.63, 3.8) is 0 Å². The predicted molar refractivity (Wildman–Crippen MR) is 184 cm³/mol. The van der Waals surface area contributed by atoms with E-state index < -0.39 is 7.92 Å². The monoisotopic (exact) mass is 559 g/mol. The molecule has 0 bridgehead atoms. The highest BCUT2D eigenvalue weighted by molar-refractivity contribution is 7.80. The standard InChI is InChI=1S/C36H54N3P/c1-7-25-37(26-8-2)31-19-13-16-22-34(31)40(35-23-17-14-20-32(35)38(27-9-3)28-10-4)36-24-18-15-21-33(36)39(29-11-5)30-12-6/h13-24H,7-12,25-30H2,1-6H3. The maximum atomic E-state index is 2.64. The Labute approximate surface area is 247 Å². The van der Waals surface area contributed by atoms with Gasteiger partial charge in [-0.15, -0.1) is 0 Å². The Kier molecular flexibility index (Phi) is 13.9. The third kappa shape index (κ3) is 8.03. The zero-order valence-corrected chi connectivity index (χ0v) is 27.1. The van der Waals surface area contributed by atoms with Crippen LogP contribution in [-0.2, 0) is 0 Å². The van der Waals surface area contributed by atoms with Crippen molar-refractivity contribution in [1.82, 2.24) is 0 Å². The van der Waals surface area contributed by atoms with E-state index in [0.29, 0.717) is 0 Å². The molecule has 0 heterocycles. The molecular formula is C36H54N3P. The van der Waals surface area contributed by atoms with Crippen molar-refractivity contribution in [3.8, 4) is 0 Å². The van der Waals surface area contributed by atoms with Gasteiger partial charge in [-0.1, -0.05) is 96.1 Å². The van der Waals surface area contributed by atoms with Crippen molar-refractivity contribution >= 4 is 40.9 Å². The van der Waals surface area contributed by atoms with Gasteiger partial charge in [-0.2, -0.15) is 0 Å². The second-order valence-corrected chi connectivity index (χ2v) is 12.9. The molecule has 4 heteroatoms. The zero-order chi connectivity index (χ0) is 28.7. The molecule has 0 aromatic heterocycles. The van der Waals surface area contributed by atoms with Gasteiger partial charge >= 0.3 is 0 Å². The molecule has 0 unspecified atom stereocenters. The summed E-state index contributed by atoms with van der Waals surface area (Å²) in [5, 5.41) is 4.46. The van der Waals surface area contributed by atoms with Crippen LogP contribution in [0.5, 0.6) is 0 Å². The second-order valence-electron chi connectivity index (χ2n) is 10.8. The summed E-state index contributed by atoms with van der Waals surface area (Å²) in [6, 6.07) is 28.0. The summed E-state index contributed by atoms with van der Waals surface area (Å²) < 4.78 is 0. The third-order valence-corrected chi connectivity index (χ3v) is 9.93. The first-order valence-corrected chi connectivity index (χ1v) is 17.3. The van der Waals surface area contributed by atoms with Gasteiger partial charge in [0.05, 0.1) is 0 Å². The smallest absolute Gasteiger partial charge is 0.0451 e. The largest absolute Gasteiger partial charge is 0.371 e. The van der Waals surface area contributed by atoms with Gasteiger partial charge < -0.3 is 14.7 Å². The lowest BCUT2D eigenvalue weighted by molar-refractivity contribution is 0.746. The Morgan fingerprint density at radius 3 is 0.825 bits per heavy atom. The minimum atomic E-state index is -0.795. The van der Waals surface area contributed by atoms with Crippen molar-refractivity contribution in [2.45, 2.75) is 80.1 Å². The molecule has 218 valence electrons. The van der Waals surface area contributed by atoms with Gasteiger partial charge in [-0.3, -0.25) is 0 Å². The van der Waals surface area contributed by atoms with Crippen LogP contribution >= 0.6 is 7.92 Å². The van der Waals surface area contributed by atoms with Gasteiger partial charge in [0, 0.05) is 72.2 Å². The topological polar surface area (TPSA) is 9.72 Å². The molecule has 0 amide bonds. The van der Waals surface area contributed by atoms with Crippen molar-refractivity contribution in [2.24, 2.45) is 0 Å². The van der Waals surface area contributed by atoms with Gasteiger partial charge in [0.15, 0.2) is 0 Å². The van der Waals surface area contributed by atoms with Crippen molar-refractivity contribution < 1.29 is 0 Å². The average molecular weight is 560 g/mol. The molecule has 0 aliphatic heterocycles. The number of para-hydroxylation sites is 3. The van der Waals surface area contributed by atoms with E-state index in [0.717, 1.165) is 77.8 Å². The summed E-state index contributed by atoms with van der Waals surface area (Å²) in [6.07, 6.45) is 6.92. The molecule has 0 aliphatic carbocycles. The van der Waals surface area contributed by atoms with Gasteiger partial charge in [-0.25, -0.2) is 0 Å². The van der Waals surface area contributed by atoms with Crippen LogP contribution in [0.15, 0.2) is 72.8 Å². The van der Waals surface area contributed by atoms with E-state index >= 15 is 0 Å². The first-order valence-electron chi connectivity index (χ1n) is 16.0. The van der Waals surface area contributed by atoms with E-state index in [4.69, 9.17) is 0 Å². The minimum absolute atomic E-state index is 0.795. The van der Waals surface area contributed by atoms with Crippen molar-refractivity contribution in [2.75, 3.05) is 54.0 Å². The SMILES string of the molecule is CCCN(CCC)c1ccccc1P(c1ccccc1N(CCC)CCC)c1ccccc1N(CCC)CCC. The Morgan fingerprint density at radius 2 is 0.600 bits per heavy atom. The molecule has 3 aromatic carbocycles. The molecule has 40 heavy (non-hydrogen) atoms. The van der Waals surface area contributed by atoms with E-state index in [-0.39, 0.29) is 0 Å². The highest BCUT2D eigenvalue weighted by atomic mass is 31.1. The average Bonchev–Trinajstić information content (AvgIpc) is 2.98. The number of nitrogens with zero attached hydrogens (tertiary/aromatic N) is 3. The maximum absolute atomic E-state index is 2.64. The number of anilines is 3. The van der Waals surface area contributed by atoms with E-state index in [2.05, 4.69) is 129 Å². The highest BCUT2D eigenvalue weighted by Gasteiger charge is 2.28. The van der Waals surface area contributed by atoms with Crippen LogP contribution in [0.25, 0.3) is 0 Å². The lowest BCUT2D eigenvalue weighted by Gasteiger charge is -2.35. The van der Waals surface area contributed by atoms with Gasteiger partial charge in [0.2, 0.25) is 0 Å². The van der Waals surface area contributed by atoms with Gasteiger partial charge in [-0.05, 0) is 64.6 Å². The molecule has 0 fully saturated rings. The molecular weight excluding hydrogens is 505 g/mol. The summed E-state index contributed by atoms with van der Waals surface area (Å²) in [7, 11) is -0.795. The Bertz CT molecular complexity index is 971. The number of hydrogen-bond acceptors (Lipinski definition) is 3. The van der Waals surface area contributed by atoms with Crippen LogP contribution < -0.4 is 30.6 Å². The molecule has 0 saturated heterocycles. The van der Waals surface area contributed by atoms with Gasteiger partial charge in [0.1, 0.15) is 0 Å². The second kappa shape index (κ2) is 17.3. The summed E-state index contributed by atoms with van der Waals surface area (Å²) in [5.74, 6) is 0. The Hall–Kier alpha value is -2.51. The third-order valence-electron chi connectivity index (χ3n) is 7.35. The first kappa shape index (κ1) is 32.0.